The zero-order valence-corrected chi connectivity index (χ0v) is 23.1. The maximum atomic E-state index is 13.3. The highest BCUT2D eigenvalue weighted by atomic mass is 35.5. The van der Waals surface area contributed by atoms with Gasteiger partial charge < -0.3 is 15.7 Å². The Morgan fingerprint density at radius 2 is 1.77 bits per heavy atom. The number of carbonyl (C=O) groups excluding carboxylic acids is 2. The van der Waals surface area contributed by atoms with E-state index in [1.807, 2.05) is 54.6 Å². The number of nitrogens with zero attached hydrogens (tertiary/aromatic N) is 2. The van der Waals surface area contributed by atoms with E-state index in [1.165, 1.54) is 22.1 Å². The van der Waals surface area contributed by atoms with Crippen LogP contribution in [0.1, 0.15) is 52.5 Å². The van der Waals surface area contributed by atoms with E-state index in [-0.39, 0.29) is 30.2 Å². The Morgan fingerprint density at radius 1 is 1.00 bits per heavy atom. The molecule has 9 heteroatoms. The fraction of sp³-hybridized carbons (Fsp3) is 0.194. The van der Waals surface area contributed by atoms with E-state index in [1.54, 1.807) is 18.2 Å². The van der Waals surface area contributed by atoms with E-state index in [2.05, 4.69) is 15.7 Å². The van der Waals surface area contributed by atoms with Crippen molar-refractivity contribution in [1.29, 1.82) is 0 Å². The number of amides is 2. The third-order valence-corrected chi connectivity index (χ3v) is 8.75. The Hall–Kier alpha value is -4.14. The number of benzene rings is 3. The normalized spacial score (nSPS) is 13.5. The Labute approximate surface area is 240 Å². The molecule has 1 aliphatic carbocycles. The lowest BCUT2D eigenvalue weighted by Gasteiger charge is -2.12. The highest BCUT2D eigenvalue weighted by Gasteiger charge is 2.26. The second-order valence-corrected chi connectivity index (χ2v) is 11.4. The molecule has 2 heterocycles. The first-order valence-electron chi connectivity index (χ1n) is 13.2. The van der Waals surface area contributed by atoms with E-state index in [9.17, 15) is 14.7 Å². The number of hydrogen-bond acceptors (Lipinski definition) is 5. The van der Waals surface area contributed by atoms with E-state index < -0.39 is 0 Å². The molecule has 2 aromatic heterocycles. The minimum absolute atomic E-state index is 0.0129. The third kappa shape index (κ3) is 5.33. The maximum Gasteiger partial charge on any atom is 0.342 e. The Kier molecular flexibility index (Phi) is 7.28. The number of carbonyl (C=O) groups is 2. The number of aromatic nitrogens is 2. The molecule has 0 radical (unpaired) electrons. The molecule has 0 spiro atoms. The van der Waals surface area contributed by atoms with E-state index in [4.69, 9.17) is 11.6 Å². The molecule has 6 rings (SSSR count). The zero-order chi connectivity index (χ0) is 27.6. The van der Waals surface area contributed by atoms with Gasteiger partial charge in [0.25, 0.3) is 5.91 Å². The molecule has 0 aliphatic heterocycles. The average molecular weight is 571 g/mol. The van der Waals surface area contributed by atoms with Crippen molar-refractivity contribution in [1.82, 2.24) is 15.1 Å². The summed E-state index contributed by atoms with van der Waals surface area (Å²) >= 11 is 7.69. The van der Waals surface area contributed by atoms with Crippen LogP contribution in [0.15, 0.2) is 78.9 Å². The number of nitrogens with one attached hydrogen (secondary N) is 2. The topological polar surface area (TPSA) is 96.2 Å². The van der Waals surface area contributed by atoms with Gasteiger partial charge in [-0.1, -0.05) is 60.8 Å². The first kappa shape index (κ1) is 26.1. The van der Waals surface area contributed by atoms with Crippen LogP contribution in [0.5, 0.6) is 5.75 Å². The van der Waals surface area contributed by atoms with Crippen molar-refractivity contribution in [3.05, 3.63) is 100 Å². The van der Waals surface area contributed by atoms with Crippen LogP contribution in [0.3, 0.4) is 0 Å². The van der Waals surface area contributed by atoms with Gasteiger partial charge in [-0.15, -0.1) is 11.3 Å². The lowest BCUT2D eigenvalue weighted by molar-refractivity contribution is 0.103. The summed E-state index contributed by atoms with van der Waals surface area (Å²) in [6, 6.07) is 23.5. The number of hydrogen-bond donors (Lipinski definition) is 3. The number of phenols is 1. The van der Waals surface area contributed by atoms with E-state index >= 15 is 0 Å². The summed E-state index contributed by atoms with van der Waals surface area (Å²) < 4.78 is 2.45. The van der Waals surface area contributed by atoms with Gasteiger partial charge in [-0.25, -0.2) is 4.79 Å². The Morgan fingerprint density at radius 3 is 2.58 bits per heavy atom. The van der Waals surface area contributed by atoms with Gasteiger partial charge in [-0.2, -0.15) is 9.78 Å². The Bertz CT molecular complexity index is 1690. The van der Waals surface area contributed by atoms with Crippen LogP contribution in [-0.2, 0) is 6.54 Å². The van der Waals surface area contributed by atoms with Crippen molar-refractivity contribution in [3.8, 4) is 17.0 Å². The highest BCUT2D eigenvalue weighted by molar-refractivity contribution is 7.20. The lowest BCUT2D eigenvalue weighted by atomic mass is 10.0. The molecule has 202 valence electrons. The molecular formula is C31H27ClN4O3S. The van der Waals surface area contributed by atoms with E-state index in [0.717, 1.165) is 47.0 Å². The smallest absolute Gasteiger partial charge is 0.342 e. The minimum Gasteiger partial charge on any atom is -0.507 e. The van der Waals surface area contributed by atoms with Crippen LogP contribution in [0, 0.1) is 0 Å². The standard InChI is InChI=1S/C31H27ClN4O3S/c32-24-11-5-3-10-21(24)18-33-31(39)36-26(19-7-1-2-8-19)17-25(35-36)23-16-22(13-14-27(23)37)34-30(38)29-15-20-9-4-6-12-28(20)40-29/h3-6,9-17,19,37H,1-2,7-8,18H2,(H,33,39)(H,34,38). The van der Waals surface area contributed by atoms with E-state index in [0.29, 0.717) is 26.8 Å². The molecular weight excluding hydrogens is 544 g/mol. The number of halogens is 1. The van der Waals surface area contributed by atoms with Crippen molar-refractivity contribution in [2.75, 3.05) is 5.32 Å². The van der Waals surface area contributed by atoms with Gasteiger partial charge in [0.1, 0.15) is 5.75 Å². The number of aromatic hydroxyl groups is 1. The van der Waals surface area contributed by atoms with Crippen LogP contribution < -0.4 is 10.6 Å². The quantitative estimate of drug-likeness (QED) is 0.181. The molecule has 3 aromatic carbocycles. The van der Waals surface area contributed by atoms with Crippen molar-refractivity contribution >= 4 is 50.6 Å². The summed E-state index contributed by atoms with van der Waals surface area (Å²) in [7, 11) is 0. The molecule has 1 fully saturated rings. The van der Waals surface area contributed by atoms with Gasteiger partial charge in [0.05, 0.1) is 16.3 Å². The number of thiophene rings is 1. The highest BCUT2D eigenvalue weighted by Crippen LogP contribution is 2.38. The van der Waals surface area contributed by atoms with Gasteiger partial charge in [0.15, 0.2) is 0 Å². The van der Waals surface area contributed by atoms with Crippen LogP contribution in [0.4, 0.5) is 10.5 Å². The number of fused-ring (bicyclic) bond motifs is 1. The molecule has 0 atom stereocenters. The fourth-order valence-electron chi connectivity index (χ4n) is 5.20. The number of anilines is 1. The Balaban J connectivity index is 1.27. The molecule has 0 saturated heterocycles. The molecule has 7 nitrogen and oxygen atoms in total. The molecule has 5 aromatic rings. The van der Waals surface area contributed by atoms with Gasteiger partial charge in [0.2, 0.25) is 0 Å². The van der Waals surface area contributed by atoms with Gasteiger partial charge in [-0.05, 0) is 66.3 Å². The maximum absolute atomic E-state index is 13.3. The van der Waals surface area contributed by atoms with Crippen molar-refractivity contribution < 1.29 is 14.7 Å². The molecule has 0 bridgehead atoms. The predicted molar refractivity (Wildman–Crippen MR) is 159 cm³/mol. The first-order chi connectivity index (χ1) is 19.5. The molecule has 2 amide bonds. The third-order valence-electron chi connectivity index (χ3n) is 7.27. The van der Waals surface area contributed by atoms with Crippen molar-refractivity contribution in [3.63, 3.8) is 0 Å². The summed E-state index contributed by atoms with van der Waals surface area (Å²) in [4.78, 5) is 26.9. The largest absolute Gasteiger partial charge is 0.507 e. The first-order valence-corrected chi connectivity index (χ1v) is 14.4. The summed E-state index contributed by atoms with van der Waals surface area (Å²) in [6.07, 6.45) is 4.13. The second-order valence-electron chi connectivity index (χ2n) is 9.93. The van der Waals surface area contributed by atoms with Crippen LogP contribution in [0.2, 0.25) is 5.02 Å². The lowest BCUT2D eigenvalue weighted by Crippen LogP contribution is -2.30. The minimum atomic E-state index is -0.359. The van der Waals surface area contributed by atoms with Crippen LogP contribution in [-0.4, -0.2) is 26.8 Å². The summed E-state index contributed by atoms with van der Waals surface area (Å²) in [5.41, 5.74) is 3.04. The average Bonchev–Trinajstić information content (AvgIpc) is 3.73. The summed E-state index contributed by atoms with van der Waals surface area (Å²) in [5, 5.41) is 22.8. The summed E-state index contributed by atoms with van der Waals surface area (Å²) in [6.45, 7) is 0.266. The van der Waals surface area contributed by atoms with Gasteiger partial charge in [0, 0.05) is 33.4 Å². The monoisotopic (exact) mass is 570 g/mol. The fourth-order valence-corrected chi connectivity index (χ4v) is 6.36. The van der Waals surface area contributed by atoms with Crippen LogP contribution >= 0.6 is 22.9 Å². The summed E-state index contributed by atoms with van der Waals surface area (Å²) in [5.74, 6) is -0.0155. The zero-order valence-electron chi connectivity index (χ0n) is 21.6. The van der Waals surface area contributed by atoms with Gasteiger partial charge in [-0.3, -0.25) is 4.79 Å². The molecule has 1 aliphatic rings. The molecule has 1 saturated carbocycles. The predicted octanol–water partition coefficient (Wildman–Crippen LogP) is 7.79. The molecule has 40 heavy (non-hydrogen) atoms. The molecule has 3 N–H and O–H groups in total. The van der Waals surface area contributed by atoms with Gasteiger partial charge >= 0.3 is 6.03 Å². The van der Waals surface area contributed by atoms with Crippen molar-refractivity contribution in [2.45, 2.75) is 38.1 Å². The second kappa shape index (κ2) is 11.2. The molecule has 0 unspecified atom stereocenters. The SMILES string of the molecule is O=C(Nc1ccc(O)c(-c2cc(C3CCCC3)n(C(=O)NCc3ccccc3Cl)n2)c1)c1cc2ccccc2s1. The number of rotatable bonds is 6. The van der Waals surface area contributed by atoms with Crippen LogP contribution in [0.25, 0.3) is 21.3 Å². The van der Waals surface area contributed by atoms with Crippen molar-refractivity contribution in [2.24, 2.45) is 0 Å². The number of phenolic OH excluding ortho intramolecular Hbond substituents is 1.